The van der Waals surface area contributed by atoms with Gasteiger partial charge in [0.05, 0.1) is 22.9 Å². The number of rotatable bonds is 9. The number of nitrogens with one attached hydrogen (secondary N) is 2. The lowest BCUT2D eigenvalue weighted by molar-refractivity contribution is 0.0526. The van der Waals surface area contributed by atoms with Crippen molar-refractivity contribution in [2.75, 3.05) is 24.4 Å². The fraction of sp³-hybridized carbons (Fsp3) is 0.385. The van der Waals surface area contributed by atoms with Gasteiger partial charge in [-0.05, 0) is 63.9 Å². The highest BCUT2D eigenvalue weighted by atomic mass is 32.2. The quantitative estimate of drug-likeness (QED) is 0.369. The molecule has 0 bridgehead atoms. The molecule has 1 saturated heterocycles. The van der Waals surface area contributed by atoms with E-state index < -0.39 is 33.5 Å². The topological polar surface area (TPSA) is 156 Å². The molecule has 14 heteroatoms. The summed E-state index contributed by atoms with van der Waals surface area (Å²) in [6.07, 6.45) is 1.99. The van der Waals surface area contributed by atoms with Gasteiger partial charge in [0, 0.05) is 26.2 Å². The molecule has 1 amide bonds. The van der Waals surface area contributed by atoms with Gasteiger partial charge in [-0.2, -0.15) is 18.0 Å². The highest BCUT2D eigenvalue weighted by Crippen LogP contribution is 2.34. The first-order valence-corrected chi connectivity index (χ1v) is 14.0. The van der Waals surface area contributed by atoms with Gasteiger partial charge < -0.3 is 14.8 Å². The minimum atomic E-state index is -3.90. The van der Waals surface area contributed by atoms with E-state index in [0.717, 1.165) is 18.6 Å². The van der Waals surface area contributed by atoms with Crippen molar-refractivity contribution < 1.29 is 27.1 Å². The van der Waals surface area contributed by atoms with E-state index >= 15 is 0 Å². The molecule has 0 unspecified atom stereocenters. The lowest BCUT2D eigenvalue weighted by atomic mass is 10.1. The monoisotopic (exact) mass is 572 g/mol. The molecule has 1 aromatic heterocycles. The minimum Gasteiger partial charge on any atom is -0.453 e. The molecule has 0 atom stereocenters. The Morgan fingerprint density at radius 3 is 2.62 bits per heavy atom. The average Bonchev–Trinajstić information content (AvgIpc) is 2.83. The molecule has 1 aliphatic rings. The normalized spacial score (nSPS) is 13.8. The van der Waals surface area contributed by atoms with E-state index in [1.54, 1.807) is 26.8 Å². The Hall–Kier alpha value is -4.22. The molecule has 2 N–H and O–H groups in total. The van der Waals surface area contributed by atoms with Crippen LogP contribution in [0.4, 0.5) is 14.9 Å². The van der Waals surface area contributed by atoms with Crippen LogP contribution in [0, 0.1) is 17.1 Å². The number of benzene rings is 2. The zero-order valence-electron chi connectivity index (χ0n) is 22.2. The lowest BCUT2D eigenvalue weighted by Crippen LogP contribution is -2.45. The van der Waals surface area contributed by atoms with Crippen molar-refractivity contribution in [1.82, 2.24) is 19.2 Å². The first-order valence-electron chi connectivity index (χ1n) is 12.5. The molecule has 2 aromatic carbocycles. The molecule has 212 valence electrons. The Morgan fingerprint density at radius 1 is 1.23 bits per heavy atom. The number of hydrogen-bond acceptors (Lipinski definition) is 8. The van der Waals surface area contributed by atoms with Crippen LogP contribution in [-0.2, 0) is 21.5 Å². The molecule has 0 spiro atoms. The molecular weight excluding hydrogens is 543 g/mol. The predicted octanol–water partition coefficient (Wildman–Crippen LogP) is 3.48. The summed E-state index contributed by atoms with van der Waals surface area (Å²) < 4.78 is 55.5. The van der Waals surface area contributed by atoms with E-state index in [-0.39, 0.29) is 41.0 Å². The van der Waals surface area contributed by atoms with Crippen LogP contribution < -0.4 is 20.3 Å². The minimum absolute atomic E-state index is 0.0499. The molecule has 2 heterocycles. The number of nitrogens with zero attached hydrogens (tertiary/aromatic N) is 4. The number of amides is 1. The molecule has 1 fully saturated rings. The summed E-state index contributed by atoms with van der Waals surface area (Å²) >= 11 is 0. The summed E-state index contributed by atoms with van der Waals surface area (Å²) in [5.74, 6) is -1.32. The van der Waals surface area contributed by atoms with E-state index in [4.69, 9.17) is 9.47 Å². The van der Waals surface area contributed by atoms with Gasteiger partial charge >= 0.3 is 16.3 Å². The summed E-state index contributed by atoms with van der Waals surface area (Å²) in [7, 11) is -3.90. The summed E-state index contributed by atoms with van der Waals surface area (Å²) in [5, 5.41) is 12.5. The van der Waals surface area contributed by atoms with Crippen LogP contribution in [0.15, 0.2) is 41.5 Å². The van der Waals surface area contributed by atoms with Gasteiger partial charge in [-0.3, -0.25) is 14.1 Å². The molecule has 1 aliphatic heterocycles. The molecular formula is C26H29FN6O6S. The van der Waals surface area contributed by atoms with Crippen LogP contribution in [0.3, 0.4) is 0 Å². The molecule has 12 nitrogen and oxygen atoms in total. The SMILES string of the molecule is CC(C)(C)OC(=O)NCCCn1cnc2ccc(Oc3c(F)ccc(NS(=O)(=O)N4CCC4)c3C#N)cc2c1=O. The predicted molar refractivity (Wildman–Crippen MR) is 145 cm³/mol. The van der Waals surface area contributed by atoms with Gasteiger partial charge in [-0.25, -0.2) is 14.2 Å². The first-order chi connectivity index (χ1) is 18.9. The summed E-state index contributed by atoms with van der Waals surface area (Å²) in [6.45, 7) is 6.51. The second kappa shape index (κ2) is 11.5. The van der Waals surface area contributed by atoms with Crippen molar-refractivity contribution in [3.63, 3.8) is 0 Å². The highest BCUT2D eigenvalue weighted by molar-refractivity contribution is 7.90. The second-order valence-electron chi connectivity index (χ2n) is 10.1. The number of ether oxygens (including phenoxy) is 2. The second-order valence-corrected chi connectivity index (χ2v) is 11.7. The van der Waals surface area contributed by atoms with Crippen molar-refractivity contribution in [1.29, 1.82) is 5.26 Å². The summed E-state index contributed by atoms with van der Waals surface area (Å²) in [4.78, 5) is 29.2. The Bertz CT molecular complexity index is 1640. The van der Waals surface area contributed by atoms with Crippen molar-refractivity contribution in [3.05, 3.63) is 58.4 Å². The Balaban J connectivity index is 1.52. The van der Waals surface area contributed by atoms with Crippen LogP contribution in [-0.4, -0.2) is 53.6 Å². The number of carbonyl (C=O) groups is 1. The van der Waals surface area contributed by atoms with Gasteiger partial charge in [0.1, 0.15) is 23.0 Å². The van der Waals surface area contributed by atoms with E-state index in [2.05, 4.69) is 15.0 Å². The van der Waals surface area contributed by atoms with E-state index in [9.17, 15) is 27.7 Å². The van der Waals surface area contributed by atoms with Crippen molar-refractivity contribution in [2.24, 2.45) is 0 Å². The standard InChI is InChI=1S/C26H29FN6O6S/c1-26(2,3)39-25(35)29-10-4-11-32-16-30-21-8-6-17(14-18(21)24(32)34)38-23-19(15-28)22(9-7-20(23)27)31-40(36,37)33-12-5-13-33/h6-9,14,16,31H,4-5,10-13H2,1-3H3,(H,29,35). The summed E-state index contributed by atoms with van der Waals surface area (Å²) in [5.41, 5.74) is -1.10. The Labute approximate surface area is 230 Å². The fourth-order valence-corrected chi connectivity index (χ4v) is 5.13. The van der Waals surface area contributed by atoms with Crippen molar-refractivity contribution in [3.8, 4) is 17.6 Å². The largest absolute Gasteiger partial charge is 0.453 e. The maximum absolute atomic E-state index is 14.8. The highest BCUT2D eigenvalue weighted by Gasteiger charge is 2.29. The fourth-order valence-electron chi connectivity index (χ4n) is 3.82. The van der Waals surface area contributed by atoms with Gasteiger partial charge in [0.15, 0.2) is 11.6 Å². The van der Waals surface area contributed by atoms with Crippen LogP contribution in [0.2, 0.25) is 0 Å². The smallest absolute Gasteiger partial charge is 0.407 e. The number of fused-ring (bicyclic) bond motifs is 1. The van der Waals surface area contributed by atoms with E-state index in [1.807, 2.05) is 0 Å². The number of halogens is 1. The zero-order chi connectivity index (χ0) is 29.1. The maximum atomic E-state index is 14.8. The number of nitriles is 1. The van der Waals surface area contributed by atoms with Gasteiger partial charge in [0.2, 0.25) is 0 Å². The number of anilines is 1. The summed E-state index contributed by atoms with van der Waals surface area (Å²) in [6, 6.07) is 8.29. The molecule has 3 aromatic rings. The Kier molecular flexibility index (Phi) is 8.26. The lowest BCUT2D eigenvalue weighted by Gasteiger charge is -2.30. The third-order valence-electron chi connectivity index (χ3n) is 5.87. The van der Waals surface area contributed by atoms with E-state index in [0.29, 0.717) is 25.0 Å². The zero-order valence-corrected chi connectivity index (χ0v) is 23.0. The number of aromatic nitrogens is 2. The average molecular weight is 573 g/mol. The third kappa shape index (κ3) is 6.67. The van der Waals surface area contributed by atoms with Crippen LogP contribution in [0.1, 0.15) is 39.2 Å². The van der Waals surface area contributed by atoms with Crippen LogP contribution in [0.5, 0.6) is 11.5 Å². The number of hydrogen-bond donors (Lipinski definition) is 2. The maximum Gasteiger partial charge on any atom is 0.407 e. The number of alkyl carbamates (subject to hydrolysis) is 1. The third-order valence-corrected chi connectivity index (χ3v) is 7.40. The molecule has 4 rings (SSSR count). The van der Waals surface area contributed by atoms with Gasteiger partial charge in [0.25, 0.3) is 5.56 Å². The van der Waals surface area contributed by atoms with Gasteiger partial charge in [-0.15, -0.1) is 0 Å². The van der Waals surface area contributed by atoms with Crippen molar-refractivity contribution in [2.45, 2.75) is 45.8 Å². The van der Waals surface area contributed by atoms with Crippen molar-refractivity contribution >= 4 is 32.9 Å². The molecule has 0 saturated carbocycles. The number of carbonyl (C=O) groups excluding carboxylic acids is 1. The Morgan fingerprint density at radius 2 is 1.98 bits per heavy atom. The van der Waals surface area contributed by atoms with Crippen LogP contribution in [0.25, 0.3) is 10.9 Å². The molecule has 0 aliphatic carbocycles. The molecule has 0 radical (unpaired) electrons. The molecule has 40 heavy (non-hydrogen) atoms. The van der Waals surface area contributed by atoms with Gasteiger partial charge in [-0.1, -0.05) is 0 Å². The van der Waals surface area contributed by atoms with Crippen LogP contribution >= 0.6 is 0 Å². The number of aryl methyl sites for hydroxylation is 1. The first kappa shape index (κ1) is 28.8. The van der Waals surface area contributed by atoms with E-state index in [1.165, 1.54) is 33.4 Å².